The molecule has 0 bridgehead atoms. The van der Waals surface area contributed by atoms with Gasteiger partial charge in [0.1, 0.15) is 0 Å². The largest absolute Gasteiger partial charge is 0.314 e. The molecule has 0 aromatic carbocycles. The molecule has 4 nitrogen and oxygen atoms in total. The van der Waals surface area contributed by atoms with Gasteiger partial charge in [-0.2, -0.15) is 5.10 Å². The quantitative estimate of drug-likeness (QED) is 0.866. The van der Waals surface area contributed by atoms with E-state index in [1.165, 1.54) is 18.7 Å². The van der Waals surface area contributed by atoms with Crippen molar-refractivity contribution in [3.63, 3.8) is 0 Å². The van der Waals surface area contributed by atoms with Crippen LogP contribution in [-0.4, -0.2) is 40.9 Å². The molecule has 1 aromatic heterocycles. The molecule has 2 atom stereocenters. The molecular weight excluding hydrogens is 224 g/mol. The normalized spacial score (nSPS) is 25.2. The van der Waals surface area contributed by atoms with Crippen LogP contribution in [0, 0.1) is 5.92 Å². The predicted molar refractivity (Wildman–Crippen MR) is 74.5 cm³/mol. The number of aromatic nitrogens is 2. The average molecular weight is 250 g/mol. The van der Waals surface area contributed by atoms with Gasteiger partial charge >= 0.3 is 0 Å². The Morgan fingerprint density at radius 3 is 2.94 bits per heavy atom. The molecule has 0 saturated carbocycles. The molecule has 2 rings (SSSR count). The summed E-state index contributed by atoms with van der Waals surface area (Å²) < 4.78 is 2.13. The van der Waals surface area contributed by atoms with Gasteiger partial charge < -0.3 is 5.32 Å². The Labute approximate surface area is 110 Å². The smallest absolute Gasteiger partial charge is 0.0558 e. The maximum atomic E-state index is 4.41. The molecule has 0 spiro atoms. The Hall–Kier alpha value is -0.870. The molecule has 1 N–H and O–H groups in total. The van der Waals surface area contributed by atoms with Crippen molar-refractivity contribution in [2.75, 3.05) is 20.1 Å². The summed E-state index contributed by atoms with van der Waals surface area (Å²) >= 11 is 0. The Kier molecular flexibility index (Phi) is 4.40. The van der Waals surface area contributed by atoms with Crippen LogP contribution in [0.1, 0.15) is 38.9 Å². The van der Waals surface area contributed by atoms with Gasteiger partial charge in [-0.15, -0.1) is 0 Å². The van der Waals surface area contributed by atoms with Crippen LogP contribution in [0.4, 0.5) is 0 Å². The lowest BCUT2D eigenvalue weighted by Gasteiger charge is -2.26. The SMILES string of the molecule is CCn1nccc1C1C(CNC(C)C)CCN1C. The maximum absolute atomic E-state index is 4.41. The lowest BCUT2D eigenvalue weighted by Crippen LogP contribution is -2.33. The zero-order chi connectivity index (χ0) is 13.1. The highest BCUT2D eigenvalue weighted by Crippen LogP contribution is 2.35. The molecule has 1 aliphatic rings. The van der Waals surface area contributed by atoms with Crippen molar-refractivity contribution in [2.45, 2.75) is 45.8 Å². The second-order valence-electron chi connectivity index (χ2n) is 5.61. The highest BCUT2D eigenvalue weighted by Gasteiger charge is 2.34. The summed E-state index contributed by atoms with van der Waals surface area (Å²) in [7, 11) is 2.23. The van der Waals surface area contributed by atoms with E-state index in [-0.39, 0.29) is 0 Å². The molecule has 0 amide bonds. The summed E-state index contributed by atoms with van der Waals surface area (Å²) in [4.78, 5) is 2.47. The van der Waals surface area contributed by atoms with Gasteiger partial charge in [0.25, 0.3) is 0 Å². The zero-order valence-electron chi connectivity index (χ0n) is 12.1. The summed E-state index contributed by atoms with van der Waals surface area (Å²) in [5.41, 5.74) is 1.37. The molecule has 2 unspecified atom stereocenters. The number of hydrogen-bond acceptors (Lipinski definition) is 3. The minimum atomic E-state index is 0.513. The van der Waals surface area contributed by atoms with Crippen molar-refractivity contribution in [3.8, 4) is 0 Å². The molecule has 1 aromatic rings. The van der Waals surface area contributed by atoms with E-state index in [0.29, 0.717) is 18.0 Å². The highest BCUT2D eigenvalue weighted by atomic mass is 15.3. The van der Waals surface area contributed by atoms with E-state index in [1.807, 2.05) is 6.20 Å². The first-order valence-electron chi connectivity index (χ1n) is 7.08. The molecule has 2 heterocycles. The molecule has 0 radical (unpaired) electrons. The van der Waals surface area contributed by atoms with Crippen LogP contribution in [0.5, 0.6) is 0 Å². The number of rotatable bonds is 5. The van der Waals surface area contributed by atoms with Gasteiger partial charge in [-0.05, 0) is 38.9 Å². The molecule has 0 aliphatic carbocycles. The monoisotopic (exact) mass is 250 g/mol. The number of likely N-dealkylation sites (tertiary alicyclic amines) is 1. The van der Waals surface area contributed by atoms with E-state index in [0.717, 1.165) is 13.1 Å². The fourth-order valence-corrected chi connectivity index (χ4v) is 2.95. The van der Waals surface area contributed by atoms with Gasteiger partial charge in [-0.3, -0.25) is 9.58 Å². The van der Waals surface area contributed by atoms with E-state index in [4.69, 9.17) is 0 Å². The number of nitrogens with one attached hydrogen (secondary N) is 1. The van der Waals surface area contributed by atoms with Crippen LogP contribution in [0.15, 0.2) is 12.3 Å². The van der Waals surface area contributed by atoms with Gasteiger partial charge in [0.15, 0.2) is 0 Å². The van der Waals surface area contributed by atoms with E-state index >= 15 is 0 Å². The van der Waals surface area contributed by atoms with Crippen molar-refractivity contribution in [3.05, 3.63) is 18.0 Å². The number of aryl methyl sites for hydroxylation is 1. The Balaban J connectivity index is 2.12. The van der Waals surface area contributed by atoms with Crippen molar-refractivity contribution >= 4 is 0 Å². The molecule has 18 heavy (non-hydrogen) atoms. The lowest BCUT2D eigenvalue weighted by molar-refractivity contribution is 0.255. The van der Waals surface area contributed by atoms with Crippen LogP contribution in [-0.2, 0) is 6.54 Å². The Morgan fingerprint density at radius 2 is 2.28 bits per heavy atom. The predicted octanol–water partition coefficient (Wildman–Crippen LogP) is 1.89. The third-order valence-electron chi connectivity index (χ3n) is 3.91. The van der Waals surface area contributed by atoms with Crippen molar-refractivity contribution in [2.24, 2.45) is 5.92 Å². The first kappa shape index (κ1) is 13.6. The van der Waals surface area contributed by atoms with Gasteiger partial charge in [0, 0.05) is 25.3 Å². The molecule has 102 valence electrons. The topological polar surface area (TPSA) is 33.1 Å². The van der Waals surface area contributed by atoms with E-state index in [2.05, 4.69) is 53.9 Å². The second kappa shape index (κ2) is 5.85. The Morgan fingerprint density at radius 1 is 1.50 bits per heavy atom. The molecule has 1 fully saturated rings. The summed E-state index contributed by atoms with van der Waals surface area (Å²) in [6, 6.07) is 3.25. The van der Waals surface area contributed by atoms with Crippen molar-refractivity contribution in [1.29, 1.82) is 0 Å². The van der Waals surface area contributed by atoms with Gasteiger partial charge in [0.05, 0.1) is 11.7 Å². The fourth-order valence-electron chi connectivity index (χ4n) is 2.95. The van der Waals surface area contributed by atoms with E-state index in [1.54, 1.807) is 0 Å². The van der Waals surface area contributed by atoms with Crippen LogP contribution >= 0.6 is 0 Å². The standard InChI is InChI=1S/C14H26N4/c1-5-18-13(6-8-16-18)14-12(7-9-17(14)4)10-15-11(2)3/h6,8,11-12,14-15H,5,7,9-10H2,1-4H3. The van der Waals surface area contributed by atoms with Gasteiger partial charge in [-0.1, -0.05) is 13.8 Å². The fraction of sp³-hybridized carbons (Fsp3) is 0.786. The third kappa shape index (κ3) is 2.75. The van der Waals surface area contributed by atoms with Crippen LogP contribution in [0.3, 0.4) is 0 Å². The molecular formula is C14H26N4. The molecule has 1 saturated heterocycles. The summed E-state index contributed by atoms with van der Waals surface area (Å²) in [5, 5.41) is 7.99. The second-order valence-corrected chi connectivity index (χ2v) is 5.61. The van der Waals surface area contributed by atoms with Crippen molar-refractivity contribution < 1.29 is 0 Å². The highest BCUT2D eigenvalue weighted by molar-refractivity contribution is 5.11. The molecule has 4 heteroatoms. The van der Waals surface area contributed by atoms with Gasteiger partial charge in [0.2, 0.25) is 0 Å². The minimum absolute atomic E-state index is 0.513. The first-order valence-corrected chi connectivity index (χ1v) is 7.08. The zero-order valence-corrected chi connectivity index (χ0v) is 12.1. The first-order chi connectivity index (χ1) is 8.63. The van der Waals surface area contributed by atoms with Crippen LogP contribution in [0.2, 0.25) is 0 Å². The summed E-state index contributed by atoms with van der Waals surface area (Å²) in [6.45, 7) is 9.82. The number of hydrogen-bond donors (Lipinski definition) is 1. The van der Waals surface area contributed by atoms with Gasteiger partial charge in [-0.25, -0.2) is 0 Å². The van der Waals surface area contributed by atoms with E-state index < -0.39 is 0 Å². The summed E-state index contributed by atoms with van der Waals surface area (Å²) in [6.07, 6.45) is 3.20. The lowest BCUT2D eigenvalue weighted by atomic mass is 9.97. The third-order valence-corrected chi connectivity index (χ3v) is 3.91. The maximum Gasteiger partial charge on any atom is 0.0558 e. The molecule has 1 aliphatic heterocycles. The minimum Gasteiger partial charge on any atom is -0.314 e. The van der Waals surface area contributed by atoms with E-state index in [9.17, 15) is 0 Å². The summed E-state index contributed by atoms with van der Waals surface area (Å²) in [5.74, 6) is 0.694. The average Bonchev–Trinajstić information content (AvgIpc) is 2.92. The van der Waals surface area contributed by atoms with Crippen molar-refractivity contribution in [1.82, 2.24) is 20.0 Å². The number of nitrogens with zero attached hydrogens (tertiary/aromatic N) is 3. The van der Waals surface area contributed by atoms with Crippen LogP contribution in [0.25, 0.3) is 0 Å². The van der Waals surface area contributed by atoms with Crippen LogP contribution < -0.4 is 5.32 Å². The Bertz CT molecular complexity index is 372.